The van der Waals surface area contributed by atoms with Crippen molar-refractivity contribution in [3.8, 4) is 22.3 Å². The molecule has 0 fully saturated rings. The van der Waals surface area contributed by atoms with E-state index in [1.165, 1.54) is 55.6 Å². The van der Waals surface area contributed by atoms with Crippen LogP contribution in [0.15, 0.2) is 470 Å². The average molecular weight is 1490 g/mol. The van der Waals surface area contributed by atoms with Crippen molar-refractivity contribution in [1.29, 1.82) is 0 Å². The highest BCUT2D eigenvalue weighted by atomic mass is 16.3. The first-order valence-electron chi connectivity index (χ1n) is 39.7. The van der Waals surface area contributed by atoms with Crippen LogP contribution in [0.1, 0.15) is 44.5 Å². The second kappa shape index (κ2) is 29.1. The molecule has 116 heavy (non-hydrogen) atoms. The van der Waals surface area contributed by atoms with Crippen molar-refractivity contribution < 1.29 is 8.83 Å². The first kappa shape index (κ1) is 68.8. The van der Waals surface area contributed by atoms with Gasteiger partial charge in [0.05, 0.1) is 33.6 Å². The molecule has 6 nitrogen and oxygen atoms in total. The molecule has 0 bridgehead atoms. The molecule has 0 radical (unpaired) electrons. The van der Waals surface area contributed by atoms with Crippen molar-refractivity contribution in [1.82, 2.24) is 0 Å². The molecule has 2 aliphatic rings. The smallest absolute Gasteiger partial charge is 0.140 e. The van der Waals surface area contributed by atoms with E-state index >= 15 is 0 Å². The highest BCUT2D eigenvalue weighted by Crippen LogP contribution is 2.62. The van der Waals surface area contributed by atoms with Crippen LogP contribution in [0, 0.1) is 0 Å². The van der Waals surface area contributed by atoms with Gasteiger partial charge >= 0.3 is 0 Å². The zero-order chi connectivity index (χ0) is 76.9. The number of anilines is 12. The minimum Gasteiger partial charge on any atom is -0.456 e. The molecule has 18 aromatic carbocycles. The topological polar surface area (TPSA) is 39.2 Å². The molecule has 548 valence electrons. The van der Waals surface area contributed by atoms with Crippen LogP contribution < -0.4 is 19.6 Å². The standard InChI is InChI=1S/C61H42N2O.C49H34N2O/c1-4-17-43(18-5-1)45-31-35-48(36-32-45)62(49-37-33-46(34-38-49)44-19-6-2-7-20-44)50-39-41-51(42-40-50)63-57-28-13-11-25-54(57)61(47-21-8-3-9-22-47,55-26-12-14-29-58(55)63)56-27-16-24-53-52-23-10-15-30-59(52)64-60(53)56;1-4-17-35(18-5-1)49(44-27-16-24-41-40-23-10-15-30-47(40)52-48(41)44)42-25-11-13-28-45(42)51(46-29-14-12-26-43(46)49)39-33-31-38(32-34-39)50(36-19-6-2-7-20-36)37-21-8-3-9-22-37/h1-42H;1-34H. The van der Waals surface area contributed by atoms with Gasteiger partial charge in [-0.3, -0.25) is 0 Å². The Balaban J connectivity index is 0.000000148. The molecule has 2 aromatic heterocycles. The number of nitrogens with zero attached hydrogens (tertiary/aromatic N) is 4. The molecule has 0 amide bonds. The summed E-state index contributed by atoms with van der Waals surface area (Å²) in [6, 6.07) is 165. The molecule has 2 aliphatic heterocycles. The third-order valence-corrected chi connectivity index (χ3v) is 23.5. The molecule has 0 aliphatic carbocycles. The fourth-order valence-corrected chi connectivity index (χ4v) is 18.4. The van der Waals surface area contributed by atoms with Gasteiger partial charge < -0.3 is 28.4 Å². The maximum atomic E-state index is 6.87. The van der Waals surface area contributed by atoms with Gasteiger partial charge in [-0.15, -0.1) is 0 Å². The zero-order valence-electron chi connectivity index (χ0n) is 63.5. The normalized spacial score (nSPS) is 12.9. The second-order valence-corrected chi connectivity index (χ2v) is 29.7. The maximum absolute atomic E-state index is 6.87. The third kappa shape index (κ3) is 11.5. The van der Waals surface area contributed by atoms with E-state index in [4.69, 9.17) is 8.83 Å². The maximum Gasteiger partial charge on any atom is 0.140 e. The highest BCUT2D eigenvalue weighted by molar-refractivity contribution is 6.09. The highest BCUT2D eigenvalue weighted by Gasteiger charge is 2.50. The molecule has 0 unspecified atom stereocenters. The van der Waals surface area contributed by atoms with Crippen LogP contribution in [0.25, 0.3) is 66.1 Å². The Bertz CT molecular complexity index is 6720. The molecule has 0 spiro atoms. The minimum absolute atomic E-state index is 0.657. The Hall–Kier alpha value is -15.2. The van der Waals surface area contributed by atoms with E-state index in [1.54, 1.807) is 0 Å². The summed E-state index contributed by atoms with van der Waals surface area (Å²) >= 11 is 0. The first-order chi connectivity index (χ1) is 57.6. The van der Waals surface area contributed by atoms with Crippen LogP contribution in [0.4, 0.5) is 68.2 Å². The lowest BCUT2D eigenvalue weighted by Crippen LogP contribution is -2.37. The Kier molecular flexibility index (Phi) is 17.3. The van der Waals surface area contributed by atoms with Crippen molar-refractivity contribution in [2.24, 2.45) is 0 Å². The summed E-state index contributed by atoms with van der Waals surface area (Å²) in [5.41, 5.74) is 29.7. The summed E-state index contributed by atoms with van der Waals surface area (Å²) in [7, 11) is 0. The first-order valence-corrected chi connectivity index (χ1v) is 39.7. The third-order valence-electron chi connectivity index (χ3n) is 23.5. The molecule has 0 saturated carbocycles. The largest absolute Gasteiger partial charge is 0.456 e. The summed E-state index contributed by atoms with van der Waals surface area (Å²) in [5.74, 6) is 0. The Morgan fingerprint density at radius 2 is 0.422 bits per heavy atom. The zero-order valence-corrected chi connectivity index (χ0v) is 63.5. The number of benzene rings is 18. The van der Waals surface area contributed by atoms with Crippen LogP contribution in [0.3, 0.4) is 0 Å². The van der Waals surface area contributed by atoms with Crippen molar-refractivity contribution in [3.05, 3.63) is 506 Å². The van der Waals surface area contributed by atoms with Gasteiger partial charge in [-0.1, -0.05) is 328 Å². The van der Waals surface area contributed by atoms with E-state index in [9.17, 15) is 0 Å². The second-order valence-electron chi connectivity index (χ2n) is 29.7. The van der Waals surface area contributed by atoms with Crippen LogP contribution >= 0.6 is 0 Å². The van der Waals surface area contributed by atoms with E-state index in [0.29, 0.717) is 0 Å². The molecule has 6 heteroatoms. The SMILES string of the molecule is c1ccc(-c2ccc(N(c3ccc(-c4ccccc4)cc3)c3ccc(N4c5ccccc5C(c5ccccc5)(c5cccc6c5oc5ccccc56)c5ccccc54)cc3)cc2)cc1.c1ccc(N(c2ccccc2)c2ccc(N3c4ccccc4C(c4ccccc4)(c4cccc5c4oc4ccccc45)c4ccccc43)cc2)cc1. The van der Waals surface area contributed by atoms with Gasteiger partial charge in [0, 0.05) is 78.2 Å². The predicted molar refractivity (Wildman–Crippen MR) is 481 cm³/mol. The fraction of sp³-hybridized carbons (Fsp3) is 0.0182. The Morgan fingerprint density at radius 1 is 0.181 bits per heavy atom. The fourth-order valence-electron chi connectivity index (χ4n) is 18.4. The number of fused-ring (bicyclic) bond motifs is 10. The van der Waals surface area contributed by atoms with E-state index in [0.717, 1.165) is 123 Å². The van der Waals surface area contributed by atoms with Gasteiger partial charge in [-0.05, 0) is 189 Å². The molecule has 0 saturated heterocycles. The number of rotatable bonds is 14. The lowest BCUT2D eigenvalue weighted by Gasteiger charge is -2.46. The van der Waals surface area contributed by atoms with Crippen molar-refractivity contribution >= 4 is 112 Å². The number of hydrogen-bond donors (Lipinski definition) is 0. The average Bonchev–Trinajstić information content (AvgIpc) is 1.04. The molecule has 4 heterocycles. The van der Waals surface area contributed by atoms with Gasteiger partial charge in [0.1, 0.15) is 22.3 Å². The van der Waals surface area contributed by atoms with Gasteiger partial charge in [0.25, 0.3) is 0 Å². The molecular weight excluding hydrogens is 1410 g/mol. The molecule has 20 aromatic rings. The summed E-state index contributed by atoms with van der Waals surface area (Å²) in [6.07, 6.45) is 0. The van der Waals surface area contributed by atoms with E-state index in [1.807, 2.05) is 12.1 Å². The summed E-state index contributed by atoms with van der Waals surface area (Å²) < 4.78 is 13.7. The molecular formula is C110H76N4O2. The van der Waals surface area contributed by atoms with Crippen LogP contribution in [0.2, 0.25) is 0 Å². The summed E-state index contributed by atoms with van der Waals surface area (Å²) in [5, 5.41) is 4.49. The minimum atomic E-state index is -0.688. The van der Waals surface area contributed by atoms with Crippen LogP contribution in [-0.2, 0) is 10.8 Å². The van der Waals surface area contributed by atoms with Crippen molar-refractivity contribution in [3.63, 3.8) is 0 Å². The lowest BCUT2D eigenvalue weighted by atomic mass is 9.62. The summed E-state index contributed by atoms with van der Waals surface area (Å²) in [6.45, 7) is 0. The van der Waals surface area contributed by atoms with Crippen molar-refractivity contribution in [2.45, 2.75) is 10.8 Å². The van der Waals surface area contributed by atoms with Crippen molar-refractivity contribution in [2.75, 3.05) is 19.6 Å². The number of hydrogen-bond acceptors (Lipinski definition) is 6. The summed E-state index contributed by atoms with van der Waals surface area (Å²) in [4.78, 5) is 9.50. The quantitative estimate of drug-likeness (QED) is 0.108. The number of furan rings is 2. The molecule has 0 N–H and O–H groups in total. The number of para-hydroxylation sites is 10. The van der Waals surface area contributed by atoms with Gasteiger partial charge in [0.2, 0.25) is 0 Å². The monoisotopic (exact) mass is 1480 g/mol. The van der Waals surface area contributed by atoms with Gasteiger partial charge in [-0.25, -0.2) is 0 Å². The Morgan fingerprint density at radius 3 is 0.759 bits per heavy atom. The van der Waals surface area contributed by atoms with Crippen LogP contribution in [-0.4, -0.2) is 0 Å². The van der Waals surface area contributed by atoms with Gasteiger partial charge in [0.15, 0.2) is 0 Å². The molecule has 0 atom stereocenters. The van der Waals surface area contributed by atoms with E-state index in [-0.39, 0.29) is 0 Å². The predicted octanol–water partition coefficient (Wildman–Crippen LogP) is 29.8. The Labute approximate surface area is 674 Å². The van der Waals surface area contributed by atoms with Crippen LogP contribution in [0.5, 0.6) is 0 Å². The molecule has 22 rings (SSSR count). The lowest BCUT2D eigenvalue weighted by molar-refractivity contribution is 0.643. The van der Waals surface area contributed by atoms with E-state index < -0.39 is 10.8 Å². The van der Waals surface area contributed by atoms with Gasteiger partial charge in [-0.2, -0.15) is 0 Å². The van der Waals surface area contributed by atoms with E-state index in [2.05, 4.69) is 469 Å².